The number of carbonyl (C=O) groups is 2. The SMILES string of the molecule is Cc1cccc2sc(NC(=O)c3ccc(N4CCNC4=O)cc3)nc12. The fourth-order valence-electron chi connectivity index (χ4n) is 2.82. The van der Waals surface area contributed by atoms with Crippen LogP contribution in [-0.4, -0.2) is 30.0 Å². The summed E-state index contributed by atoms with van der Waals surface area (Å²) in [5, 5.41) is 6.19. The van der Waals surface area contributed by atoms with Gasteiger partial charge in [-0.3, -0.25) is 15.0 Å². The number of amides is 3. The standard InChI is InChI=1S/C18H16N4O2S/c1-11-3-2-4-14-15(11)20-17(25-14)21-16(23)12-5-7-13(8-6-12)22-10-9-19-18(22)24/h2-8H,9-10H2,1H3,(H,19,24)(H,20,21,23). The second-order valence-electron chi connectivity index (χ2n) is 5.83. The Morgan fingerprint density at radius 1 is 1.24 bits per heavy atom. The Bertz CT molecular complexity index is 965. The Morgan fingerprint density at radius 3 is 2.72 bits per heavy atom. The predicted molar refractivity (Wildman–Crippen MR) is 99.5 cm³/mol. The Hall–Kier alpha value is -2.93. The van der Waals surface area contributed by atoms with Gasteiger partial charge in [0.25, 0.3) is 5.91 Å². The topological polar surface area (TPSA) is 74.3 Å². The molecule has 0 atom stereocenters. The first-order valence-electron chi connectivity index (χ1n) is 7.95. The molecule has 0 radical (unpaired) electrons. The van der Waals surface area contributed by atoms with Crippen molar-refractivity contribution >= 4 is 44.3 Å². The van der Waals surface area contributed by atoms with Crippen molar-refractivity contribution in [3.63, 3.8) is 0 Å². The summed E-state index contributed by atoms with van der Waals surface area (Å²) >= 11 is 1.45. The van der Waals surface area contributed by atoms with Crippen molar-refractivity contribution in [1.29, 1.82) is 0 Å². The molecule has 0 aliphatic carbocycles. The fourth-order valence-corrected chi connectivity index (χ4v) is 3.76. The maximum absolute atomic E-state index is 12.4. The number of anilines is 2. The molecule has 6 nitrogen and oxygen atoms in total. The molecule has 0 spiro atoms. The number of hydrogen-bond acceptors (Lipinski definition) is 4. The third kappa shape index (κ3) is 2.94. The number of aryl methyl sites for hydroxylation is 1. The van der Waals surface area contributed by atoms with E-state index in [0.29, 0.717) is 23.8 Å². The van der Waals surface area contributed by atoms with E-state index in [9.17, 15) is 9.59 Å². The van der Waals surface area contributed by atoms with Crippen molar-refractivity contribution in [3.05, 3.63) is 53.6 Å². The average Bonchev–Trinajstić information content (AvgIpc) is 3.21. The summed E-state index contributed by atoms with van der Waals surface area (Å²) in [5.41, 5.74) is 3.31. The molecular weight excluding hydrogens is 336 g/mol. The minimum atomic E-state index is -0.214. The van der Waals surface area contributed by atoms with Crippen molar-refractivity contribution in [2.45, 2.75) is 6.92 Å². The summed E-state index contributed by atoms with van der Waals surface area (Å²) in [4.78, 5) is 30.3. The van der Waals surface area contributed by atoms with Crippen LogP contribution >= 0.6 is 11.3 Å². The van der Waals surface area contributed by atoms with Gasteiger partial charge in [0, 0.05) is 24.3 Å². The van der Waals surface area contributed by atoms with Crippen molar-refractivity contribution in [1.82, 2.24) is 10.3 Å². The lowest BCUT2D eigenvalue weighted by Gasteiger charge is -2.14. The van der Waals surface area contributed by atoms with Gasteiger partial charge in [0.15, 0.2) is 5.13 Å². The van der Waals surface area contributed by atoms with Crippen LogP contribution in [0, 0.1) is 6.92 Å². The van der Waals surface area contributed by atoms with Crippen LogP contribution in [0.2, 0.25) is 0 Å². The number of aromatic nitrogens is 1. The highest BCUT2D eigenvalue weighted by molar-refractivity contribution is 7.22. The Labute approximate surface area is 148 Å². The van der Waals surface area contributed by atoms with E-state index in [1.165, 1.54) is 11.3 Å². The molecule has 0 bridgehead atoms. The predicted octanol–water partition coefficient (Wildman–Crippen LogP) is 3.39. The minimum absolute atomic E-state index is 0.109. The molecule has 1 fully saturated rings. The van der Waals surface area contributed by atoms with Gasteiger partial charge in [-0.2, -0.15) is 0 Å². The van der Waals surface area contributed by atoms with Gasteiger partial charge in [0.05, 0.1) is 10.2 Å². The smallest absolute Gasteiger partial charge is 0.321 e. The summed E-state index contributed by atoms with van der Waals surface area (Å²) < 4.78 is 1.05. The van der Waals surface area contributed by atoms with Crippen LogP contribution in [0.1, 0.15) is 15.9 Å². The van der Waals surface area contributed by atoms with Crippen LogP contribution < -0.4 is 15.5 Å². The normalized spacial score (nSPS) is 14.0. The Kier molecular flexibility index (Phi) is 3.85. The first kappa shape index (κ1) is 15.6. The Balaban J connectivity index is 1.52. The molecule has 126 valence electrons. The number of rotatable bonds is 3. The number of nitrogens with zero attached hydrogens (tertiary/aromatic N) is 2. The molecule has 0 saturated carbocycles. The molecule has 2 heterocycles. The highest BCUT2D eigenvalue weighted by Gasteiger charge is 2.21. The third-order valence-corrected chi connectivity index (χ3v) is 5.08. The van der Waals surface area contributed by atoms with Gasteiger partial charge in [0.2, 0.25) is 0 Å². The van der Waals surface area contributed by atoms with E-state index in [2.05, 4.69) is 15.6 Å². The second kappa shape index (κ2) is 6.18. The van der Waals surface area contributed by atoms with E-state index >= 15 is 0 Å². The third-order valence-electron chi connectivity index (χ3n) is 4.14. The van der Waals surface area contributed by atoms with Crippen molar-refractivity contribution in [3.8, 4) is 0 Å². The summed E-state index contributed by atoms with van der Waals surface area (Å²) in [6.07, 6.45) is 0. The molecule has 25 heavy (non-hydrogen) atoms. The van der Waals surface area contributed by atoms with Gasteiger partial charge in [-0.15, -0.1) is 0 Å². The molecule has 3 aromatic rings. The zero-order valence-electron chi connectivity index (χ0n) is 13.6. The van der Waals surface area contributed by atoms with E-state index in [1.807, 2.05) is 25.1 Å². The highest BCUT2D eigenvalue weighted by Crippen LogP contribution is 2.28. The zero-order chi connectivity index (χ0) is 17.4. The van der Waals surface area contributed by atoms with Gasteiger partial charge >= 0.3 is 6.03 Å². The number of para-hydroxylation sites is 1. The molecule has 1 aromatic heterocycles. The van der Waals surface area contributed by atoms with Gasteiger partial charge < -0.3 is 5.32 Å². The molecular formula is C18H16N4O2S. The van der Waals surface area contributed by atoms with Gasteiger partial charge in [0.1, 0.15) is 0 Å². The van der Waals surface area contributed by atoms with Gasteiger partial charge in [-0.25, -0.2) is 9.78 Å². The lowest BCUT2D eigenvalue weighted by molar-refractivity contribution is 0.102. The quantitative estimate of drug-likeness (QED) is 0.759. The van der Waals surface area contributed by atoms with Gasteiger partial charge in [-0.1, -0.05) is 23.5 Å². The second-order valence-corrected chi connectivity index (χ2v) is 6.86. The minimum Gasteiger partial charge on any atom is -0.336 e. The number of nitrogens with one attached hydrogen (secondary N) is 2. The molecule has 2 N–H and O–H groups in total. The molecule has 1 aliphatic rings. The maximum atomic E-state index is 12.4. The lowest BCUT2D eigenvalue weighted by atomic mass is 10.2. The van der Waals surface area contributed by atoms with E-state index in [0.717, 1.165) is 21.5 Å². The Morgan fingerprint density at radius 2 is 2.04 bits per heavy atom. The number of thiazole rings is 1. The van der Waals surface area contributed by atoms with Crippen LogP contribution in [0.25, 0.3) is 10.2 Å². The first-order chi connectivity index (χ1) is 12.1. The number of urea groups is 1. The largest absolute Gasteiger partial charge is 0.336 e. The van der Waals surface area contributed by atoms with Crippen molar-refractivity contribution in [2.75, 3.05) is 23.3 Å². The van der Waals surface area contributed by atoms with Crippen molar-refractivity contribution < 1.29 is 9.59 Å². The van der Waals surface area contributed by atoms with Gasteiger partial charge in [-0.05, 0) is 42.8 Å². The van der Waals surface area contributed by atoms with E-state index in [1.54, 1.807) is 29.2 Å². The molecule has 1 aliphatic heterocycles. The van der Waals surface area contributed by atoms with E-state index < -0.39 is 0 Å². The van der Waals surface area contributed by atoms with Crippen LogP contribution in [-0.2, 0) is 0 Å². The summed E-state index contributed by atoms with van der Waals surface area (Å²) in [6.45, 7) is 3.27. The number of hydrogen-bond donors (Lipinski definition) is 2. The highest BCUT2D eigenvalue weighted by atomic mass is 32.1. The van der Waals surface area contributed by atoms with Crippen molar-refractivity contribution in [2.24, 2.45) is 0 Å². The fraction of sp³-hybridized carbons (Fsp3) is 0.167. The number of benzene rings is 2. The van der Waals surface area contributed by atoms with E-state index in [-0.39, 0.29) is 11.9 Å². The molecule has 1 saturated heterocycles. The summed E-state index contributed by atoms with van der Waals surface area (Å²) in [5.74, 6) is -0.214. The van der Waals surface area contributed by atoms with E-state index in [4.69, 9.17) is 0 Å². The first-order valence-corrected chi connectivity index (χ1v) is 8.76. The van der Waals surface area contributed by atoms with Crippen LogP contribution in [0.3, 0.4) is 0 Å². The zero-order valence-corrected chi connectivity index (χ0v) is 14.4. The molecule has 3 amide bonds. The van der Waals surface area contributed by atoms with Crippen LogP contribution in [0.15, 0.2) is 42.5 Å². The monoisotopic (exact) mass is 352 g/mol. The molecule has 7 heteroatoms. The molecule has 0 unspecified atom stereocenters. The summed E-state index contributed by atoms with van der Waals surface area (Å²) in [7, 11) is 0. The number of carbonyl (C=O) groups excluding carboxylic acids is 2. The number of fused-ring (bicyclic) bond motifs is 1. The van der Waals surface area contributed by atoms with Crippen LogP contribution in [0.5, 0.6) is 0 Å². The summed E-state index contributed by atoms with van der Waals surface area (Å²) in [6, 6.07) is 12.9. The molecule has 4 rings (SSSR count). The lowest BCUT2D eigenvalue weighted by Crippen LogP contribution is -2.27. The maximum Gasteiger partial charge on any atom is 0.321 e. The molecule has 2 aromatic carbocycles. The average molecular weight is 352 g/mol. The van der Waals surface area contributed by atoms with Crippen LogP contribution in [0.4, 0.5) is 15.6 Å².